The van der Waals surface area contributed by atoms with Crippen LogP contribution in [0.15, 0.2) is 24.3 Å². The number of carbonyl (C=O) groups is 1. The minimum atomic E-state index is -1.03. The van der Waals surface area contributed by atoms with E-state index in [-0.39, 0.29) is 12.0 Å². The van der Waals surface area contributed by atoms with Crippen LogP contribution in [0.25, 0.3) is 0 Å². The molecule has 0 aliphatic carbocycles. The van der Waals surface area contributed by atoms with Crippen LogP contribution in [0.3, 0.4) is 0 Å². The molecule has 1 heterocycles. The summed E-state index contributed by atoms with van der Waals surface area (Å²) < 4.78 is 11.3. The van der Waals surface area contributed by atoms with E-state index in [1.54, 1.807) is 7.11 Å². The zero-order valence-corrected chi connectivity index (χ0v) is 13.0. The van der Waals surface area contributed by atoms with Crippen molar-refractivity contribution in [3.63, 3.8) is 0 Å². The molecule has 1 aliphatic heterocycles. The van der Waals surface area contributed by atoms with Gasteiger partial charge >= 0.3 is 0 Å². The highest BCUT2D eigenvalue weighted by atomic mass is 16.5. The van der Waals surface area contributed by atoms with Gasteiger partial charge in [-0.15, -0.1) is 0 Å². The molecule has 0 spiro atoms. The summed E-state index contributed by atoms with van der Waals surface area (Å²) in [6.07, 6.45) is 2.16. The SMILES string of the molecule is CC[C@@]1(C)C[C@@](CC(=O)[O-])(c2ccccc2OC)CCO1. The standard InChI is InChI=1S/C17H24O4/c1-4-16(2)12-17(9-10-21-16,11-15(18)19)13-7-5-6-8-14(13)20-3/h5-8H,4,9-12H2,1-3H3,(H,18,19)/p-1/t16-,17+/m0/s1. The number of carbonyl (C=O) groups excluding carboxylic acids is 1. The number of methoxy groups -OCH3 is 1. The van der Waals surface area contributed by atoms with Crippen LogP contribution in [0, 0.1) is 0 Å². The van der Waals surface area contributed by atoms with Crippen LogP contribution in [-0.4, -0.2) is 25.3 Å². The Hall–Kier alpha value is -1.55. The smallest absolute Gasteiger partial charge is 0.122 e. The molecule has 2 atom stereocenters. The van der Waals surface area contributed by atoms with E-state index in [1.807, 2.05) is 31.2 Å². The summed E-state index contributed by atoms with van der Waals surface area (Å²) in [7, 11) is 1.61. The summed E-state index contributed by atoms with van der Waals surface area (Å²) in [5.74, 6) is -0.291. The average molecular weight is 291 g/mol. The lowest BCUT2D eigenvalue weighted by molar-refractivity contribution is -0.308. The fraction of sp³-hybridized carbons (Fsp3) is 0.588. The molecule has 2 rings (SSSR count). The van der Waals surface area contributed by atoms with Gasteiger partial charge in [0.2, 0.25) is 0 Å². The molecule has 1 aliphatic rings. The molecule has 0 saturated carbocycles. The first-order chi connectivity index (χ1) is 9.95. The lowest BCUT2D eigenvalue weighted by Gasteiger charge is -2.47. The topological polar surface area (TPSA) is 58.6 Å². The van der Waals surface area contributed by atoms with Crippen LogP contribution < -0.4 is 9.84 Å². The number of ether oxygens (including phenoxy) is 2. The fourth-order valence-corrected chi connectivity index (χ4v) is 3.41. The molecular formula is C17H23O4-. The summed E-state index contributed by atoms with van der Waals surface area (Å²) in [6, 6.07) is 7.66. The van der Waals surface area contributed by atoms with Gasteiger partial charge in [-0.3, -0.25) is 0 Å². The van der Waals surface area contributed by atoms with E-state index < -0.39 is 11.4 Å². The highest BCUT2D eigenvalue weighted by molar-refractivity contribution is 5.67. The molecule has 0 amide bonds. The maximum Gasteiger partial charge on any atom is 0.122 e. The first kappa shape index (κ1) is 15.8. The molecule has 0 bridgehead atoms. The van der Waals surface area contributed by atoms with Crippen LogP contribution in [0.2, 0.25) is 0 Å². The molecule has 4 heteroatoms. The first-order valence-corrected chi connectivity index (χ1v) is 7.42. The zero-order valence-electron chi connectivity index (χ0n) is 13.0. The number of para-hydroxylation sites is 1. The third-order valence-corrected chi connectivity index (χ3v) is 4.65. The van der Waals surface area contributed by atoms with Crippen molar-refractivity contribution in [2.45, 2.75) is 50.5 Å². The van der Waals surface area contributed by atoms with E-state index in [4.69, 9.17) is 9.47 Å². The Balaban J connectivity index is 2.49. The van der Waals surface area contributed by atoms with E-state index in [0.29, 0.717) is 19.4 Å². The summed E-state index contributed by atoms with van der Waals surface area (Å²) in [4.78, 5) is 11.4. The lowest BCUT2D eigenvalue weighted by Crippen LogP contribution is -2.48. The maximum absolute atomic E-state index is 11.4. The summed E-state index contributed by atoms with van der Waals surface area (Å²) in [5.41, 5.74) is 0.142. The number of hydrogen-bond donors (Lipinski definition) is 0. The largest absolute Gasteiger partial charge is 0.550 e. The zero-order chi connectivity index (χ0) is 15.5. The highest BCUT2D eigenvalue weighted by Gasteiger charge is 2.44. The number of hydrogen-bond acceptors (Lipinski definition) is 4. The van der Waals surface area contributed by atoms with Crippen LogP contribution in [0.5, 0.6) is 5.75 Å². The second-order valence-electron chi connectivity index (χ2n) is 6.11. The molecular weight excluding hydrogens is 268 g/mol. The summed E-state index contributed by atoms with van der Waals surface area (Å²) in [6.45, 7) is 4.67. The molecule has 21 heavy (non-hydrogen) atoms. The molecule has 1 fully saturated rings. The number of aliphatic carboxylic acids is 1. The van der Waals surface area contributed by atoms with Gasteiger partial charge in [-0.1, -0.05) is 25.1 Å². The molecule has 0 N–H and O–H groups in total. The van der Waals surface area contributed by atoms with Gasteiger partial charge in [0.05, 0.1) is 12.7 Å². The Labute approximate surface area is 126 Å². The fourth-order valence-electron chi connectivity index (χ4n) is 3.41. The minimum Gasteiger partial charge on any atom is -0.550 e. The molecule has 1 aromatic carbocycles. The predicted molar refractivity (Wildman–Crippen MR) is 78.2 cm³/mol. The predicted octanol–water partition coefficient (Wildman–Crippen LogP) is 2.05. The molecule has 1 aromatic rings. The molecule has 0 unspecified atom stereocenters. The minimum absolute atomic E-state index is 0.00762. The van der Waals surface area contributed by atoms with Crippen molar-refractivity contribution in [2.75, 3.05) is 13.7 Å². The van der Waals surface area contributed by atoms with E-state index in [0.717, 1.165) is 17.7 Å². The number of rotatable bonds is 5. The summed E-state index contributed by atoms with van der Waals surface area (Å²) in [5, 5.41) is 11.4. The van der Waals surface area contributed by atoms with E-state index in [9.17, 15) is 9.90 Å². The number of carboxylic acid groups (broad SMARTS) is 1. The summed E-state index contributed by atoms with van der Waals surface area (Å²) >= 11 is 0. The monoisotopic (exact) mass is 291 g/mol. The third kappa shape index (κ3) is 3.21. The van der Waals surface area contributed by atoms with Crippen molar-refractivity contribution < 1.29 is 19.4 Å². The van der Waals surface area contributed by atoms with Crippen LogP contribution in [-0.2, 0) is 14.9 Å². The Morgan fingerprint density at radius 3 is 2.76 bits per heavy atom. The van der Waals surface area contributed by atoms with Gasteiger partial charge < -0.3 is 19.4 Å². The van der Waals surface area contributed by atoms with Gasteiger partial charge in [0.25, 0.3) is 0 Å². The molecule has 4 nitrogen and oxygen atoms in total. The number of carboxylic acids is 1. The molecule has 0 radical (unpaired) electrons. The van der Waals surface area contributed by atoms with Gasteiger partial charge in [-0.25, -0.2) is 0 Å². The maximum atomic E-state index is 11.4. The van der Waals surface area contributed by atoms with E-state index >= 15 is 0 Å². The van der Waals surface area contributed by atoms with Gasteiger partial charge in [-0.05, 0) is 38.7 Å². The van der Waals surface area contributed by atoms with Crippen LogP contribution in [0.4, 0.5) is 0 Å². The molecule has 116 valence electrons. The normalized spacial score (nSPS) is 29.1. The molecule has 1 saturated heterocycles. The van der Waals surface area contributed by atoms with Crippen molar-refractivity contribution >= 4 is 5.97 Å². The average Bonchev–Trinajstić information content (AvgIpc) is 2.46. The lowest BCUT2D eigenvalue weighted by atomic mass is 9.66. The van der Waals surface area contributed by atoms with Crippen molar-refractivity contribution in [1.82, 2.24) is 0 Å². The van der Waals surface area contributed by atoms with Gasteiger partial charge in [-0.2, -0.15) is 0 Å². The van der Waals surface area contributed by atoms with Gasteiger partial charge in [0.15, 0.2) is 0 Å². The Bertz CT molecular complexity index is 513. The Kier molecular flexibility index (Phi) is 4.57. The van der Waals surface area contributed by atoms with Gasteiger partial charge in [0.1, 0.15) is 5.75 Å². The van der Waals surface area contributed by atoms with Crippen molar-refractivity contribution in [2.24, 2.45) is 0 Å². The molecule has 0 aromatic heterocycles. The number of benzene rings is 1. The quantitative estimate of drug-likeness (QED) is 0.833. The highest BCUT2D eigenvalue weighted by Crippen LogP contribution is 2.47. The van der Waals surface area contributed by atoms with E-state index in [2.05, 4.69) is 6.92 Å². The second-order valence-corrected chi connectivity index (χ2v) is 6.11. The van der Waals surface area contributed by atoms with Crippen molar-refractivity contribution in [1.29, 1.82) is 0 Å². The second kappa shape index (κ2) is 6.06. The Morgan fingerprint density at radius 1 is 1.43 bits per heavy atom. The Morgan fingerprint density at radius 2 is 2.14 bits per heavy atom. The van der Waals surface area contributed by atoms with Crippen molar-refractivity contribution in [3.05, 3.63) is 29.8 Å². The van der Waals surface area contributed by atoms with E-state index in [1.165, 1.54) is 0 Å². The van der Waals surface area contributed by atoms with Crippen molar-refractivity contribution in [3.8, 4) is 5.75 Å². The van der Waals surface area contributed by atoms with Crippen LogP contribution >= 0.6 is 0 Å². The van der Waals surface area contributed by atoms with Gasteiger partial charge in [0, 0.05) is 23.6 Å². The third-order valence-electron chi connectivity index (χ3n) is 4.65. The first-order valence-electron chi connectivity index (χ1n) is 7.42. The van der Waals surface area contributed by atoms with Crippen LogP contribution in [0.1, 0.15) is 45.1 Å².